The van der Waals surface area contributed by atoms with Crippen LogP contribution in [0.4, 0.5) is 0 Å². The van der Waals surface area contributed by atoms with Crippen molar-refractivity contribution in [3.8, 4) is 5.75 Å². The molecule has 134 valence electrons. The molecule has 0 heterocycles. The second-order valence-electron chi connectivity index (χ2n) is 7.44. The summed E-state index contributed by atoms with van der Waals surface area (Å²) in [5.74, 6) is 1.48. The SMILES string of the molecule is C=C(NC(C(CCC)CCC)C1(C)CC1)c1ccc(Cl)cc1OC. The Morgan fingerprint density at radius 2 is 1.92 bits per heavy atom. The van der Waals surface area contributed by atoms with Crippen molar-refractivity contribution in [3.63, 3.8) is 0 Å². The van der Waals surface area contributed by atoms with Crippen molar-refractivity contribution in [2.75, 3.05) is 7.11 Å². The topological polar surface area (TPSA) is 21.3 Å². The zero-order valence-corrected chi connectivity index (χ0v) is 16.4. The molecular formula is C21H32ClNO. The van der Waals surface area contributed by atoms with Gasteiger partial charge in [0, 0.05) is 22.3 Å². The van der Waals surface area contributed by atoms with Gasteiger partial charge in [0.15, 0.2) is 0 Å². The molecule has 0 radical (unpaired) electrons. The minimum Gasteiger partial charge on any atom is -0.496 e. The molecule has 1 N–H and O–H groups in total. The van der Waals surface area contributed by atoms with Gasteiger partial charge in [0.25, 0.3) is 0 Å². The number of hydrogen-bond acceptors (Lipinski definition) is 2. The molecule has 1 aromatic rings. The van der Waals surface area contributed by atoms with E-state index >= 15 is 0 Å². The molecule has 0 spiro atoms. The van der Waals surface area contributed by atoms with E-state index in [2.05, 4.69) is 32.7 Å². The number of nitrogens with one attached hydrogen (secondary N) is 1. The standard InChI is InChI=1S/C21H32ClNO/c1-6-8-16(9-7-2)20(21(4)12-13-21)23-15(3)18-11-10-17(22)14-19(18)24-5/h10-11,14,16,20,23H,3,6-9,12-13H2,1-2,4-5H3. The maximum Gasteiger partial charge on any atom is 0.129 e. The maximum absolute atomic E-state index is 6.09. The molecule has 0 aliphatic heterocycles. The molecule has 3 heteroatoms. The normalized spacial score (nSPS) is 16.8. The minimum absolute atomic E-state index is 0.400. The van der Waals surface area contributed by atoms with Gasteiger partial charge >= 0.3 is 0 Å². The highest BCUT2D eigenvalue weighted by Gasteiger charge is 2.47. The fourth-order valence-corrected chi connectivity index (χ4v) is 3.93. The van der Waals surface area contributed by atoms with Crippen molar-refractivity contribution < 1.29 is 4.74 Å². The number of rotatable bonds is 10. The van der Waals surface area contributed by atoms with Gasteiger partial charge in [-0.05, 0) is 55.2 Å². The van der Waals surface area contributed by atoms with Crippen LogP contribution < -0.4 is 10.1 Å². The fourth-order valence-electron chi connectivity index (χ4n) is 3.77. The average molecular weight is 350 g/mol. The first-order valence-corrected chi connectivity index (χ1v) is 9.62. The predicted octanol–water partition coefficient (Wildman–Crippen LogP) is 6.29. The highest BCUT2D eigenvalue weighted by molar-refractivity contribution is 6.30. The Morgan fingerprint density at radius 1 is 1.29 bits per heavy atom. The molecule has 1 saturated carbocycles. The maximum atomic E-state index is 6.09. The van der Waals surface area contributed by atoms with Gasteiger partial charge in [-0.2, -0.15) is 0 Å². The Labute approximate surface area is 152 Å². The largest absolute Gasteiger partial charge is 0.496 e. The van der Waals surface area contributed by atoms with Crippen molar-refractivity contribution in [1.29, 1.82) is 0 Å². The summed E-state index contributed by atoms with van der Waals surface area (Å²) in [6.07, 6.45) is 7.61. The predicted molar refractivity (Wildman–Crippen MR) is 105 cm³/mol. The van der Waals surface area contributed by atoms with Crippen LogP contribution in [0.3, 0.4) is 0 Å². The Kier molecular flexibility index (Phi) is 6.62. The summed E-state index contributed by atoms with van der Waals surface area (Å²) >= 11 is 6.09. The van der Waals surface area contributed by atoms with Crippen LogP contribution >= 0.6 is 11.6 Å². The Bertz CT molecular complexity index is 559. The second kappa shape index (κ2) is 8.29. The van der Waals surface area contributed by atoms with E-state index in [1.807, 2.05) is 18.2 Å². The molecule has 2 rings (SSSR count). The molecule has 0 saturated heterocycles. The van der Waals surface area contributed by atoms with E-state index in [0.717, 1.165) is 17.0 Å². The van der Waals surface area contributed by atoms with E-state index < -0.39 is 0 Å². The summed E-state index contributed by atoms with van der Waals surface area (Å²) < 4.78 is 5.50. The van der Waals surface area contributed by atoms with E-state index in [1.54, 1.807) is 7.11 Å². The van der Waals surface area contributed by atoms with Crippen LogP contribution in [0.1, 0.15) is 64.9 Å². The van der Waals surface area contributed by atoms with E-state index in [-0.39, 0.29) is 0 Å². The van der Waals surface area contributed by atoms with Gasteiger partial charge in [-0.25, -0.2) is 0 Å². The van der Waals surface area contributed by atoms with Gasteiger partial charge < -0.3 is 10.1 Å². The van der Waals surface area contributed by atoms with Crippen LogP contribution in [0.2, 0.25) is 5.02 Å². The molecular weight excluding hydrogens is 318 g/mol. The third kappa shape index (κ3) is 4.47. The summed E-state index contributed by atoms with van der Waals surface area (Å²) in [6.45, 7) is 11.3. The zero-order valence-electron chi connectivity index (χ0n) is 15.6. The molecule has 24 heavy (non-hydrogen) atoms. The van der Waals surface area contributed by atoms with Gasteiger partial charge in [-0.1, -0.05) is 51.8 Å². The molecule has 1 aliphatic carbocycles. The van der Waals surface area contributed by atoms with Crippen molar-refractivity contribution in [2.45, 2.75) is 65.3 Å². The zero-order chi connectivity index (χ0) is 17.7. The first-order valence-electron chi connectivity index (χ1n) is 9.24. The molecule has 1 aliphatic rings. The smallest absolute Gasteiger partial charge is 0.129 e. The molecule has 2 nitrogen and oxygen atoms in total. The van der Waals surface area contributed by atoms with Crippen molar-refractivity contribution in [3.05, 3.63) is 35.4 Å². The molecule has 1 fully saturated rings. The summed E-state index contributed by atoms with van der Waals surface area (Å²) in [5, 5.41) is 4.47. The Morgan fingerprint density at radius 3 is 2.42 bits per heavy atom. The molecule has 0 amide bonds. The molecule has 1 aromatic carbocycles. The van der Waals surface area contributed by atoms with Gasteiger partial charge in [0.05, 0.1) is 7.11 Å². The number of ether oxygens (including phenoxy) is 1. The van der Waals surface area contributed by atoms with Crippen LogP contribution in [-0.2, 0) is 0 Å². The van der Waals surface area contributed by atoms with Gasteiger partial charge in [-0.15, -0.1) is 0 Å². The van der Waals surface area contributed by atoms with Crippen LogP contribution in [0, 0.1) is 11.3 Å². The van der Waals surface area contributed by atoms with Gasteiger partial charge in [0.1, 0.15) is 5.75 Å². The molecule has 0 bridgehead atoms. The van der Waals surface area contributed by atoms with E-state index in [9.17, 15) is 0 Å². The first-order chi connectivity index (χ1) is 11.4. The third-order valence-corrected chi connectivity index (χ3v) is 5.63. The monoisotopic (exact) mass is 349 g/mol. The lowest BCUT2D eigenvalue weighted by Crippen LogP contribution is -2.41. The number of methoxy groups -OCH3 is 1. The van der Waals surface area contributed by atoms with Crippen molar-refractivity contribution in [2.24, 2.45) is 11.3 Å². The van der Waals surface area contributed by atoms with E-state index in [0.29, 0.717) is 22.4 Å². The number of benzene rings is 1. The third-order valence-electron chi connectivity index (χ3n) is 5.40. The lowest BCUT2D eigenvalue weighted by molar-refractivity contribution is 0.249. The summed E-state index contributed by atoms with van der Waals surface area (Å²) in [7, 11) is 1.68. The van der Waals surface area contributed by atoms with Gasteiger partial charge in [0.2, 0.25) is 0 Å². The quantitative estimate of drug-likeness (QED) is 0.535. The molecule has 1 unspecified atom stereocenters. The first kappa shape index (κ1) is 19.2. The summed E-state index contributed by atoms with van der Waals surface area (Å²) in [4.78, 5) is 0. The van der Waals surface area contributed by atoms with Crippen LogP contribution in [0.5, 0.6) is 5.75 Å². The van der Waals surface area contributed by atoms with Crippen LogP contribution in [-0.4, -0.2) is 13.2 Å². The number of halogens is 1. The van der Waals surface area contributed by atoms with Crippen LogP contribution in [0.25, 0.3) is 5.70 Å². The van der Waals surface area contributed by atoms with E-state index in [1.165, 1.54) is 38.5 Å². The van der Waals surface area contributed by atoms with Gasteiger partial charge in [-0.3, -0.25) is 0 Å². The minimum atomic E-state index is 0.400. The lowest BCUT2D eigenvalue weighted by Gasteiger charge is -2.35. The fraction of sp³-hybridized carbons (Fsp3) is 0.619. The van der Waals surface area contributed by atoms with Crippen LogP contribution in [0.15, 0.2) is 24.8 Å². The lowest BCUT2D eigenvalue weighted by atomic mass is 9.81. The highest BCUT2D eigenvalue weighted by Crippen LogP contribution is 2.52. The Hall–Kier alpha value is -1.15. The molecule has 1 atom stereocenters. The Balaban J connectivity index is 2.21. The van der Waals surface area contributed by atoms with E-state index in [4.69, 9.17) is 16.3 Å². The second-order valence-corrected chi connectivity index (χ2v) is 7.87. The summed E-state index contributed by atoms with van der Waals surface area (Å²) in [6, 6.07) is 6.23. The highest BCUT2D eigenvalue weighted by atomic mass is 35.5. The summed E-state index contributed by atoms with van der Waals surface area (Å²) in [5.41, 5.74) is 2.35. The van der Waals surface area contributed by atoms with Crippen molar-refractivity contribution >= 4 is 17.3 Å². The van der Waals surface area contributed by atoms with Crippen molar-refractivity contribution in [1.82, 2.24) is 5.32 Å². The molecule has 0 aromatic heterocycles. The average Bonchev–Trinajstić information content (AvgIpc) is 3.30. The number of hydrogen-bond donors (Lipinski definition) is 1.